The van der Waals surface area contributed by atoms with E-state index in [1.165, 1.54) is 0 Å². The quantitative estimate of drug-likeness (QED) is 0.871. The molecule has 0 spiro atoms. The van der Waals surface area contributed by atoms with Gasteiger partial charge in [-0.05, 0) is 32.1 Å². The van der Waals surface area contributed by atoms with Crippen molar-refractivity contribution < 1.29 is 13.9 Å². The molecule has 2 rings (SSSR count). The average Bonchev–Trinajstić information content (AvgIpc) is 3.04. The van der Waals surface area contributed by atoms with Crippen molar-refractivity contribution in [1.82, 2.24) is 15.5 Å². The van der Waals surface area contributed by atoms with Crippen LogP contribution in [-0.4, -0.2) is 34.9 Å². The summed E-state index contributed by atoms with van der Waals surface area (Å²) in [5, 5.41) is 11.2. The third-order valence-electron chi connectivity index (χ3n) is 3.99. The molecule has 6 heteroatoms. The minimum absolute atomic E-state index is 0.0464. The number of nitrogens with one attached hydrogen (secondary N) is 1. The highest BCUT2D eigenvalue weighted by atomic mass is 16.5. The van der Waals surface area contributed by atoms with Crippen LogP contribution in [0.3, 0.4) is 0 Å². The fourth-order valence-electron chi connectivity index (χ4n) is 3.01. The molecule has 0 bridgehead atoms. The second-order valence-electron chi connectivity index (χ2n) is 7.66. The van der Waals surface area contributed by atoms with Gasteiger partial charge in [0, 0.05) is 25.5 Å². The molecule has 0 unspecified atom stereocenters. The Labute approximate surface area is 138 Å². The Morgan fingerprint density at radius 2 is 2.09 bits per heavy atom. The van der Waals surface area contributed by atoms with Crippen LogP contribution in [0.1, 0.15) is 71.6 Å². The van der Waals surface area contributed by atoms with E-state index in [2.05, 4.69) is 36.3 Å². The summed E-state index contributed by atoms with van der Waals surface area (Å²) in [6, 6.07) is 0.175. The summed E-state index contributed by atoms with van der Waals surface area (Å²) in [7, 11) is 0. The van der Waals surface area contributed by atoms with Crippen molar-refractivity contribution in [1.29, 1.82) is 0 Å². The molecule has 0 aromatic carbocycles. The molecule has 1 aromatic rings. The second-order valence-corrected chi connectivity index (χ2v) is 7.66. The predicted octanol–water partition coefficient (Wildman–Crippen LogP) is 2.84. The lowest BCUT2D eigenvalue weighted by Gasteiger charge is -2.29. The maximum atomic E-state index is 11.6. The summed E-state index contributed by atoms with van der Waals surface area (Å²) in [5.74, 6) is 1.51. The Morgan fingerprint density at radius 1 is 1.35 bits per heavy atom. The number of hydrogen-bond donors (Lipinski definition) is 1. The third-order valence-corrected chi connectivity index (χ3v) is 3.99. The molecule has 1 saturated heterocycles. The molecule has 0 saturated carbocycles. The molecular weight excluding hydrogens is 294 g/mol. The van der Waals surface area contributed by atoms with Gasteiger partial charge < -0.3 is 14.5 Å². The lowest BCUT2D eigenvalue weighted by molar-refractivity contribution is -0.121. The molecule has 0 radical (unpaired) electrons. The second kappa shape index (κ2) is 7.43. The van der Waals surface area contributed by atoms with E-state index < -0.39 is 0 Å². The van der Waals surface area contributed by atoms with Crippen LogP contribution in [0.15, 0.2) is 4.42 Å². The molecule has 1 amide bonds. The summed E-state index contributed by atoms with van der Waals surface area (Å²) in [6.45, 7) is 11.1. The first-order chi connectivity index (χ1) is 10.8. The summed E-state index contributed by atoms with van der Waals surface area (Å²) >= 11 is 0. The average molecular weight is 323 g/mol. The van der Waals surface area contributed by atoms with Gasteiger partial charge in [0.2, 0.25) is 17.7 Å². The Balaban J connectivity index is 1.87. The van der Waals surface area contributed by atoms with Crippen molar-refractivity contribution >= 4 is 5.91 Å². The van der Waals surface area contributed by atoms with Gasteiger partial charge >= 0.3 is 0 Å². The Hall–Kier alpha value is -1.43. The van der Waals surface area contributed by atoms with Crippen LogP contribution < -0.4 is 5.32 Å². The van der Waals surface area contributed by atoms with Gasteiger partial charge in [0.15, 0.2) is 0 Å². The molecular formula is C17H29N3O3. The molecule has 23 heavy (non-hydrogen) atoms. The number of aryl methyl sites for hydroxylation is 1. The largest absolute Gasteiger partial charge is 0.425 e. The van der Waals surface area contributed by atoms with Crippen LogP contribution in [0.4, 0.5) is 0 Å². The SMILES string of the molecule is CC(C)NC(=O)CCCc1nnc([C@H]2CCO[C@@H]2C(C)(C)C)o1. The van der Waals surface area contributed by atoms with E-state index in [1.807, 2.05) is 13.8 Å². The number of ether oxygens (including phenoxy) is 1. The molecule has 1 aromatic heterocycles. The van der Waals surface area contributed by atoms with Gasteiger partial charge in [-0.2, -0.15) is 0 Å². The maximum Gasteiger partial charge on any atom is 0.222 e. The van der Waals surface area contributed by atoms with Crippen molar-refractivity contribution in [3.05, 3.63) is 11.8 Å². The number of aromatic nitrogens is 2. The van der Waals surface area contributed by atoms with E-state index in [-0.39, 0.29) is 29.4 Å². The molecule has 2 heterocycles. The Kier molecular flexibility index (Phi) is 5.79. The van der Waals surface area contributed by atoms with Crippen molar-refractivity contribution in [3.8, 4) is 0 Å². The van der Waals surface area contributed by atoms with Crippen molar-refractivity contribution in [2.24, 2.45) is 5.41 Å². The number of amides is 1. The number of carbonyl (C=O) groups is 1. The van der Waals surface area contributed by atoms with Gasteiger partial charge in [-0.15, -0.1) is 10.2 Å². The summed E-state index contributed by atoms with van der Waals surface area (Å²) < 4.78 is 11.7. The van der Waals surface area contributed by atoms with E-state index in [4.69, 9.17) is 9.15 Å². The maximum absolute atomic E-state index is 11.6. The van der Waals surface area contributed by atoms with Crippen LogP contribution in [0.25, 0.3) is 0 Å². The first-order valence-electron chi connectivity index (χ1n) is 8.50. The topological polar surface area (TPSA) is 77.2 Å². The van der Waals surface area contributed by atoms with E-state index in [0.717, 1.165) is 13.0 Å². The molecule has 1 fully saturated rings. The zero-order chi connectivity index (χ0) is 17.0. The summed E-state index contributed by atoms with van der Waals surface area (Å²) in [5.41, 5.74) is 0.0464. The van der Waals surface area contributed by atoms with Crippen LogP contribution in [0.2, 0.25) is 0 Å². The van der Waals surface area contributed by atoms with Gasteiger partial charge in [0.25, 0.3) is 0 Å². The minimum Gasteiger partial charge on any atom is -0.425 e. The number of carbonyl (C=O) groups excluding carboxylic acids is 1. The van der Waals surface area contributed by atoms with Crippen LogP contribution >= 0.6 is 0 Å². The fraction of sp³-hybridized carbons (Fsp3) is 0.824. The van der Waals surface area contributed by atoms with Gasteiger partial charge in [0.1, 0.15) is 0 Å². The van der Waals surface area contributed by atoms with Gasteiger partial charge in [0.05, 0.1) is 12.0 Å². The highest BCUT2D eigenvalue weighted by molar-refractivity contribution is 5.76. The molecule has 1 N–H and O–H groups in total. The van der Waals surface area contributed by atoms with E-state index >= 15 is 0 Å². The van der Waals surface area contributed by atoms with E-state index in [0.29, 0.717) is 31.0 Å². The first kappa shape index (κ1) is 17.9. The molecule has 6 nitrogen and oxygen atoms in total. The highest BCUT2D eigenvalue weighted by Crippen LogP contribution is 2.40. The lowest BCUT2D eigenvalue weighted by Crippen LogP contribution is -2.30. The molecule has 2 atom stereocenters. The van der Waals surface area contributed by atoms with Crippen molar-refractivity contribution in [2.75, 3.05) is 6.61 Å². The summed E-state index contributed by atoms with van der Waals surface area (Å²) in [6.07, 6.45) is 2.84. The van der Waals surface area contributed by atoms with E-state index in [9.17, 15) is 4.79 Å². The smallest absolute Gasteiger partial charge is 0.222 e. The zero-order valence-electron chi connectivity index (χ0n) is 14.9. The monoisotopic (exact) mass is 323 g/mol. The van der Waals surface area contributed by atoms with Crippen LogP contribution in [-0.2, 0) is 16.0 Å². The molecule has 1 aliphatic heterocycles. The van der Waals surface area contributed by atoms with Gasteiger partial charge in [-0.3, -0.25) is 4.79 Å². The number of rotatable bonds is 6. The number of nitrogens with zero attached hydrogens (tertiary/aromatic N) is 2. The lowest BCUT2D eigenvalue weighted by atomic mass is 9.81. The van der Waals surface area contributed by atoms with Gasteiger partial charge in [-0.1, -0.05) is 20.8 Å². The Morgan fingerprint density at radius 3 is 2.74 bits per heavy atom. The van der Waals surface area contributed by atoms with Crippen molar-refractivity contribution in [2.45, 2.75) is 78.4 Å². The van der Waals surface area contributed by atoms with E-state index in [1.54, 1.807) is 0 Å². The normalized spacial score (nSPS) is 21.8. The zero-order valence-corrected chi connectivity index (χ0v) is 14.9. The van der Waals surface area contributed by atoms with Crippen LogP contribution in [0.5, 0.6) is 0 Å². The van der Waals surface area contributed by atoms with Gasteiger partial charge in [-0.25, -0.2) is 0 Å². The summed E-state index contributed by atoms with van der Waals surface area (Å²) in [4.78, 5) is 11.6. The molecule has 1 aliphatic rings. The number of hydrogen-bond acceptors (Lipinski definition) is 5. The third kappa shape index (κ3) is 5.03. The standard InChI is InChI=1S/C17H29N3O3/c1-11(2)18-13(21)7-6-8-14-19-20-16(23-14)12-9-10-22-15(12)17(3,4)5/h11-12,15H,6-10H2,1-5H3,(H,18,21)/t12-,15-/m0/s1. The molecule has 0 aliphatic carbocycles. The molecule has 130 valence electrons. The fourth-order valence-corrected chi connectivity index (χ4v) is 3.01. The Bertz CT molecular complexity index is 519. The minimum atomic E-state index is 0.0464. The highest BCUT2D eigenvalue weighted by Gasteiger charge is 2.40. The predicted molar refractivity (Wildman–Crippen MR) is 87.1 cm³/mol. The van der Waals surface area contributed by atoms with Crippen LogP contribution in [0, 0.1) is 5.41 Å². The first-order valence-corrected chi connectivity index (χ1v) is 8.50. The van der Waals surface area contributed by atoms with Crippen molar-refractivity contribution in [3.63, 3.8) is 0 Å².